The van der Waals surface area contributed by atoms with Crippen molar-refractivity contribution in [3.8, 4) is 0 Å². The highest BCUT2D eigenvalue weighted by molar-refractivity contribution is 8.00. The quantitative estimate of drug-likeness (QED) is 0.893. The van der Waals surface area contributed by atoms with Gasteiger partial charge in [0, 0.05) is 36.2 Å². The largest absolute Gasteiger partial charge is 0.315 e. The van der Waals surface area contributed by atoms with Crippen molar-refractivity contribution >= 4 is 11.8 Å². The van der Waals surface area contributed by atoms with Crippen LogP contribution in [0.1, 0.15) is 38.8 Å². The summed E-state index contributed by atoms with van der Waals surface area (Å²) in [6, 6.07) is 11.5. The Labute approximate surface area is 128 Å². The summed E-state index contributed by atoms with van der Waals surface area (Å²) in [4.78, 5) is 2.67. The molecule has 0 radical (unpaired) electrons. The molecular weight excluding hydrogens is 264 g/mol. The number of likely N-dealkylation sites (N-methyl/N-ethyl adjacent to an activating group) is 1. The minimum atomic E-state index is 0.425. The van der Waals surface area contributed by atoms with Gasteiger partial charge in [-0.2, -0.15) is 11.8 Å². The van der Waals surface area contributed by atoms with Crippen molar-refractivity contribution < 1.29 is 0 Å². The molecule has 3 heteroatoms. The molecular formula is C17H28N2S. The third-order valence-corrected chi connectivity index (χ3v) is 5.46. The molecule has 1 unspecified atom stereocenters. The van der Waals surface area contributed by atoms with Crippen LogP contribution in [0.25, 0.3) is 0 Å². The van der Waals surface area contributed by atoms with Gasteiger partial charge in [-0.3, -0.25) is 4.90 Å². The number of benzene rings is 1. The zero-order chi connectivity index (χ0) is 14.4. The molecule has 1 saturated heterocycles. The van der Waals surface area contributed by atoms with E-state index in [4.69, 9.17) is 0 Å². The van der Waals surface area contributed by atoms with Crippen molar-refractivity contribution in [2.45, 2.75) is 38.0 Å². The summed E-state index contributed by atoms with van der Waals surface area (Å²) in [5.41, 5.74) is 1.44. The standard InChI is InChI=1S/C17H28N2S/c1-4-18-14-16(15-8-6-5-7-9-15)19-11-10-17(2,3)20-13-12-19/h5-9,16,18H,4,10-14H2,1-3H3. The Morgan fingerprint density at radius 2 is 2.00 bits per heavy atom. The lowest BCUT2D eigenvalue weighted by Crippen LogP contribution is -2.37. The molecule has 0 spiro atoms. The Kier molecular flexibility index (Phi) is 5.94. The maximum atomic E-state index is 3.54. The van der Waals surface area contributed by atoms with Crippen LogP contribution in [-0.4, -0.2) is 41.6 Å². The zero-order valence-corrected chi connectivity index (χ0v) is 13.9. The number of nitrogens with zero attached hydrogens (tertiary/aromatic N) is 1. The normalized spacial score (nSPS) is 21.4. The lowest BCUT2D eigenvalue weighted by molar-refractivity contribution is 0.202. The highest BCUT2D eigenvalue weighted by Crippen LogP contribution is 2.33. The molecule has 1 aromatic carbocycles. The Hall–Kier alpha value is -0.510. The van der Waals surface area contributed by atoms with Crippen molar-refractivity contribution in [1.29, 1.82) is 0 Å². The van der Waals surface area contributed by atoms with Crippen LogP contribution in [0, 0.1) is 0 Å². The average Bonchev–Trinajstić information content (AvgIpc) is 2.62. The zero-order valence-electron chi connectivity index (χ0n) is 13.1. The molecule has 2 nitrogen and oxygen atoms in total. The SMILES string of the molecule is CCNCC(c1ccccc1)N1CCSC(C)(C)CC1. The molecule has 1 aromatic rings. The molecule has 0 aromatic heterocycles. The molecule has 1 aliphatic heterocycles. The van der Waals surface area contributed by atoms with Gasteiger partial charge in [0.05, 0.1) is 0 Å². The van der Waals surface area contributed by atoms with Crippen molar-refractivity contribution in [2.75, 3.05) is 31.9 Å². The summed E-state index contributed by atoms with van der Waals surface area (Å²) in [5, 5.41) is 3.54. The van der Waals surface area contributed by atoms with E-state index in [0.717, 1.165) is 13.1 Å². The predicted octanol–water partition coefficient (Wildman–Crippen LogP) is 3.55. The third-order valence-electron chi connectivity index (χ3n) is 4.09. The maximum Gasteiger partial charge on any atom is 0.0473 e. The second-order valence-corrected chi connectivity index (χ2v) is 7.93. The molecule has 0 bridgehead atoms. The van der Waals surface area contributed by atoms with Crippen molar-refractivity contribution in [3.63, 3.8) is 0 Å². The maximum absolute atomic E-state index is 3.54. The second kappa shape index (κ2) is 7.48. The van der Waals surface area contributed by atoms with E-state index in [2.05, 4.69) is 73.1 Å². The topological polar surface area (TPSA) is 15.3 Å². The molecule has 2 rings (SSSR count). The molecule has 1 N–H and O–H groups in total. The fraction of sp³-hybridized carbons (Fsp3) is 0.647. The molecule has 0 amide bonds. The Morgan fingerprint density at radius 1 is 1.25 bits per heavy atom. The molecule has 112 valence electrons. The molecule has 1 heterocycles. The van der Waals surface area contributed by atoms with E-state index in [1.54, 1.807) is 0 Å². The first-order valence-electron chi connectivity index (χ1n) is 7.76. The number of hydrogen-bond donors (Lipinski definition) is 1. The van der Waals surface area contributed by atoms with Gasteiger partial charge in [0.2, 0.25) is 0 Å². The smallest absolute Gasteiger partial charge is 0.0473 e. The van der Waals surface area contributed by atoms with E-state index in [-0.39, 0.29) is 0 Å². The Bertz CT molecular complexity index is 391. The van der Waals surface area contributed by atoms with Crippen LogP contribution in [0.2, 0.25) is 0 Å². The fourth-order valence-corrected chi connectivity index (χ4v) is 3.88. The van der Waals surface area contributed by atoms with E-state index in [9.17, 15) is 0 Å². The van der Waals surface area contributed by atoms with Crippen LogP contribution >= 0.6 is 11.8 Å². The minimum Gasteiger partial charge on any atom is -0.315 e. The van der Waals surface area contributed by atoms with E-state index in [0.29, 0.717) is 10.8 Å². The molecule has 0 saturated carbocycles. The number of thioether (sulfide) groups is 1. The van der Waals surface area contributed by atoms with Gasteiger partial charge in [0.1, 0.15) is 0 Å². The summed E-state index contributed by atoms with van der Waals surface area (Å²) in [7, 11) is 0. The van der Waals surface area contributed by atoms with Crippen LogP contribution in [0.3, 0.4) is 0 Å². The lowest BCUT2D eigenvalue weighted by Gasteiger charge is -2.31. The van der Waals surface area contributed by atoms with Gasteiger partial charge in [0.25, 0.3) is 0 Å². The van der Waals surface area contributed by atoms with Gasteiger partial charge >= 0.3 is 0 Å². The summed E-state index contributed by atoms with van der Waals surface area (Å²) in [6.07, 6.45) is 1.27. The van der Waals surface area contributed by atoms with E-state index in [1.165, 1.54) is 30.8 Å². The third kappa shape index (κ3) is 4.51. The number of nitrogens with one attached hydrogen (secondary N) is 1. The average molecular weight is 292 g/mol. The van der Waals surface area contributed by atoms with Gasteiger partial charge in [-0.05, 0) is 18.5 Å². The van der Waals surface area contributed by atoms with Crippen LogP contribution < -0.4 is 5.32 Å². The molecule has 1 aliphatic rings. The van der Waals surface area contributed by atoms with E-state index >= 15 is 0 Å². The minimum absolute atomic E-state index is 0.425. The van der Waals surface area contributed by atoms with E-state index in [1.807, 2.05) is 0 Å². The fourth-order valence-electron chi connectivity index (χ4n) is 2.76. The first-order chi connectivity index (χ1) is 9.62. The first kappa shape index (κ1) is 15.9. The highest BCUT2D eigenvalue weighted by Gasteiger charge is 2.27. The van der Waals surface area contributed by atoms with Crippen LogP contribution in [0.15, 0.2) is 30.3 Å². The summed E-state index contributed by atoms with van der Waals surface area (Å²) < 4.78 is 0.425. The van der Waals surface area contributed by atoms with Crippen LogP contribution in [0.4, 0.5) is 0 Å². The lowest BCUT2D eigenvalue weighted by atomic mass is 10.0. The van der Waals surface area contributed by atoms with Gasteiger partial charge in [-0.15, -0.1) is 0 Å². The predicted molar refractivity (Wildman–Crippen MR) is 90.5 cm³/mol. The van der Waals surface area contributed by atoms with Gasteiger partial charge in [-0.25, -0.2) is 0 Å². The molecule has 20 heavy (non-hydrogen) atoms. The van der Waals surface area contributed by atoms with Crippen molar-refractivity contribution in [3.05, 3.63) is 35.9 Å². The molecule has 1 fully saturated rings. The number of hydrogen-bond acceptors (Lipinski definition) is 3. The second-order valence-electron chi connectivity index (χ2n) is 6.13. The molecule has 1 atom stereocenters. The van der Waals surface area contributed by atoms with Gasteiger partial charge in [0.15, 0.2) is 0 Å². The van der Waals surface area contributed by atoms with Crippen molar-refractivity contribution in [1.82, 2.24) is 10.2 Å². The van der Waals surface area contributed by atoms with E-state index < -0.39 is 0 Å². The van der Waals surface area contributed by atoms with Gasteiger partial charge < -0.3 is 5.32 Å². The highest BCUT2D eigenvalue weighted by atomic mass is 32.2. The van der Waals surface area contributed by atoms with Crippen molar-refractivity contribution in [2.24, 2.45) is 0 Å². The molecule has 0 aliphatic carbocycles. The van der Waals surface area contributed by atoms with Crippen LogP contribution in [0.5, 0.6) is 0 Å². The first-order valence-corrected chi connectivity index (χ1v) is 8.74. The summed E-state index contributed by atoms with van der Waals surface area (Å²) >= 11 is 2.12. The monoisotopic (exact) mass is 292 g/mol. The summed E-state index contributed by atoms with van der Waals surface area (Å²) in [5.74, 6) is 1.24. The Morgan fingerprint density at radius 3 is 2.70 bits per heavy atom. The number of rotatable bonds is 5. The van der Waals surface area contributed by atoms with Crippen LogP contribution in [-0.2, 0) is 0 Å². The summed E-state index contributed by atoms with van der Waals surface area (Å²) in [6.45, 7) is 11.4. The van der Waals surface area contributed by atoms with Gasteiger partial charge in [-0.1, -0.05) is 51.1 Å². The Balaban J connectivity index is 2.10.